The van der Waals surface area contributed by atoms with E-state index in [1.807, 2.05) is 10.9 Å². The van der Waals surface area contributed by atoms with E-state index < -0.39 is 5.60 Å². The topological polar surface area (TPSA) is 83.3 Å². The summed E-state index contributed by atoms with van der Waals surface area (Å²) < 4.78 is 1.92. The van der Waals surface area contributed by atoms with Gasteiger partial charge in [-0.05, 0) is 51.0 Å². The van der Waals surface area contributed by atoms with Crippen molar-refractivity contribution in [2.45, 2.75) is 101 Å². The van der Waals surface area contributed by atoms with Crippen molar-refractivity contribution in [2.24, 2.45) is 11.8 Å². The van der Waals surface area contributed by atoms with Crippen molar-refractivity contribution in [1.82, 2.24) is 25.2 Å². The second-order valence-electron chi connectivity index (χ2n) is 10.3. The fraction of sp³-hybridized carbons (Fsp3) is 0.870. The molecule has 7 nitrogen and oxygen atoms in total. The highest BCUT2D eigenvalue weighted by Gasteiger charge is 2.44. The predicted molar refractivity (Wildman–Crippen MR) is 114 cm³/mol. The lowest BCUT2D eigenvalue weighted by molar-refractivity contribution is -0.134. The minimum Gasteiger partial charge on any atom is -0.383 e. The van der Waals surface area contributed by atoms with Crippen LogP contribution in [0.2, 0.25) is 0 Å². The normalized spacial score (nSPS) is 34.0. The summed E-state index contributed by atoms with van der Waals surface area (Å²) in [7, 11) is 0. The number of carbonyl (C=O) groups excluding carboxylic acids is 1. The summed E-state index contributed by atoms with van der Waals surface area (Å²) in [6, 6.07) is 0.815. The molecule has 5 fully saturated rings. The summed E-state index contributed by atoms with van der Waals surface area (Å²) in [5.41, 5.74) is -0.0482. The Hall–Kier alpha value is -1.47. The molecule has 1 aromatic rings. The van der Waals surface area contributed by atoms with E-state index in [1.165, 1.54) is 25.7 Å². The molecule has 3 aliphatic heterocycles. The largest absolute Gasteiger partial charge is 0.383 e. The molecule has 5 aliphatic rings. The number of hydrogen-bond acceptors (Lipinski definition) is 5. The van der Waals surface area contributed by atoms with Crippen LogP contribution in [0.1, 0.15) is 82.7 Å². The lowest BCUT2D eigenvalue weighted by atomic mass is 9.75. The molecule has 4 heterocycles. The van der Waals surface area contributed by atoms with Crippen LogP contribution < -0.4 is 5.32 Å². The molecule has 2 aliphatic carbocycles. The summed E-state index contributed by atoms with van der Waals surface area (Å²) >= 11 is 0. The van der Waals surface area contributed by atoms with Gasteiger partial charge in [0.2, 0.25) is 5.91 Å². The van der Waals surface area contributed by atoms with Gasteiger partial charge in [0, 0.05) is 18.6 Å². The highest BCUT2D eigenvalue weighted by atomic mass is 16.3. The highest BCUT2D eigenvalue weighted by molar-refractivity contribution is 5.79. The number of fused-ring (bicyclic) bond motifs is 3. The van der Waals surface area contributed by atoms with Crippen molar-refractivity contribution < 1.29 is 9.90 Å². The van der Waals surface area contributed by atoms with E-state index in [4.69, 9.17) is 0 Å². The number of hydrogen-bond donors (Lipinski definition) is 2. The molecule has 2 N–H and O–H groups in total. The van der Waals surface area contributed by atoms with E-state index in [1.54, 1.807) is 0 Å². The van der Waals surface area contributed by atoms with Gasteiger partial charge in [-0.3, -0.25) is 14.4 Å². The molecule has 6 rings (SSSR count). The van der Waals surface area contributed by atoms with Gasteiger partial charge in [-0.25, -0.2) is 0 Å². The molecule has 0 spiro atoms. The molecule has 1 unspecified atom stereocenters. The SMILES string of the molecule is O=C(NC1CCCCC1)[C@H]1CN2CC[C@@H]1C[C@@H]2Cn1cc(C2(O)CCCCC2)nn1. The average molecular weight is 416 g/mol. The molecule has 2 saturated carbocycles. The molecule has 0 radical (unpaired) electrons. The highest BCUT2D eigenvalue weighted by Crippen LogP contribution is 2.38. The van der Waals surface area contributed by atoms with E-state index in [0.717, 1.165) is 76.7 Å². The van der Waals surface area contributed by atoms with Crippen LogP contribution in [-0.4, -0.2) is 56.1 Å². The Morgan fingerprint density at radius 1 is 1.13 bits per heavy atom. The number of aromatic nitrogens is 3. The Bertz CT molecular complexity index is 738. The fourth-order valence-electron chi connectivity index (χ4n) is 6.39. The molecule has 0 aromatic carbocycles. The molecule has 166 valence electrons. The third-order valence-corrected chi connectivity index (χ3v) is 8.26. The van der Waals surface area contributed by atoms with Crippen LogP contribution in [0.5, 0.6) is 0 Å². The third-order valence-electron chi connectivity index (χ3n) is 8.26. The van der Waals surface area contributed by atoms with Gasteiger partial charge in [-0.2, -0.15) is 0 Å². The molecule has 1 aromatic heterocycles. The quantitative estimate of drug-likeness (QED) is 0.772. The third kappa shape index (κ3) is 4.15. The van der Waals surface area contributed by atoms with Crippen LogP contribution in [-0.2, 0) is 16.9 Å². The Labute approximate surface area is 179 Å². The lowest BCUT2D eigenvalue weighted by Gasteiger charge is -2.49. The van der Waals surface area contributed by atoms with Gasteiger partial charge in [0.15, 0.2) is 0 Å². The lowest BCUT2D eigenvalue weighted by Crippen LogP contribution is -2.58. The summed E-state index contributed by atoms with van der Waals surface area (Å²) in [4.78, 5) is 15.4. The van der Waals surface area contributed by atoms with Crippen molar-refractivity contribution in [3.63, 3.8) is 0 Å². The summed E-state index contributed by atoms with van der Waals surface area (Å²) in [5.74, 6) is 0.915. The Balaban J connectivity index is 1.18. The van der Waals surface area contributed by atoms with Crippen LogP contribution in [0.4, 0.5) is 0 Å². The van der Waals surface area contributed by atoms with Crippen LogP contribution >= 0.6 is 0 Å². The number of amides is 1. The molecule has 4 atom stereocenters. The maximum Gasteiger partial charge on any atom is 0.224 e. The maximum absolute atomic E-state index is 12.9. The van der Waals surface area contributed by atoms with Gasteiger partial charge in [0.05, 0.1) is 18.7 Å². The van der Waals surface area contributed by atoms with E-state index in [2.05, 4.69) is 20.5 Å². The zero-order chi connectivity index (χ0) is 20.6. The number of piperidine rings is 3. The van der Waals surface area contributed by atoms with E-state index in [0.29, 0.717) is 18.0 Å². The molecule has 1 amide bonds. The van der Waals surface area contributed by atoms with Crippen molar-refractivity contribution in [2.75, 3.05) is 13.1 Å². The molecule has 7 heteroatoms. The average Bonchev–Trinajstić information content (AvgIpc) is 3.25. The first-order chi connectivity index (χ1) is 14.6. The van der Waals surface area contributed by atoms with E-state index in [9.17, 15) is 9.90 Å². The predicted octanol–water partition coefficient (Wildman–Crippen LogP) is 2.59. The number of nitrogens with one attached hydrogen (secondary N) is 1. The number of rotatable bonds is 5. The Morgan fingerprint density at radius 2 is 1.90 bits per heavy atom. The van der Waals surface area contributed by atoms with Gasteiger partial charge in [0.25, 0.3) is 0 Å². The minimum atomic E-state index is -0.787. The van der Waals surface area contributed by atoms with Crippen LogP contribution in [0.3, 0.4) is 0 Å². The van der Waals surface area contributed by atoms with Crippen molar-refractivity contribution in [3.05, 3.63) is 11.9 Å². The first kappa shape index (κ1) is 20.4. The molecule has 30 heavy (non-hydrogen) atoms. The molecular weight excluding hydrogens is 378 g/mol. The number of aliphatic hydroxyl groups is 1. The zero-order valence-electron chi connectivity index (χ0n) is 18.1. The van der Waals surface area contributed by atoms with Gasteiger partial charge in [-0.15, -0.1) is 5.10 Å². The maximum atomic E-state index is 12.9. The van der Waals surface area contributed by atoms with Crippen LogP contribution in [0.25, 0.3) is 0 Å². The first-order valence-electron chi connectivity index (χ1n) is 12.3. The van der Waals surface area contributed by atoms with E-state index in [-0.39, 0.29) is 11.8 Å². The zero-order valence-corrected chi connectivity index (χ0v) is 18.1. The fourth-order valence-corrected chi connectivity index (χ4v) is 6.39. The Morgan fingerprint density at radius 3 is 2.63 bits per heavy atom. The van der Waals surface area contributed by atoms with Crippen LogP contribution in [0, 0.1) is 11.8 Å². The van der Waals surface area contributed by atoms with Gasteiger partial charge in [0.1, 0.15) is 11.3 Å². The Kier molecular flexibility index (Phi) is 5.84. The minimum absolute atomic E-state index is 0.145. The molecule has 2 bridgehead atoms. The van der Waals surface area contributed by atoms with Gasteiger partial charge >= 0.3 is 0 Å². The van der Waals surface area contributed by atoms with Crippen molar-refractivity contribution in [3.8, 4) is 0 Å². The second kappa shape index (κ2) is 8.58. The summed E-state index contributed by atoms with van der Waals surface area (Å²) in [6.07, 6.45) is 15.2. The van der Waals surface area contributed by atoms with Crippen LogP contribution in [0.15, 0.2) is 6.20 Å². The number of carbonyl (C=O) groups is 1. The standard InChI is InChI=1S/C23H37N5O2/c29-22(24-18-7-3-1-4-8-18)20-15-27-12-9-17(20)13-19(27)14-28-16-21(25-26-28)23(30)10-5-2-6-11-23/h16-20,30H,1-15H2,(H,24,29)/t17-,19-,20+/m1/s1. The van der Waals surface area contributed by atoms with E-state index >= 15 is 0 Å². The monoisotopic (exact) mass is 415 g/mol. The summed E-state index contributed by atoms with van der Waals surface area (Å²) in [5, 5.41) is 23.0. The first-order valence-corrected chi connectivity index (χ1v) is 12.3. The molecular formula is C23H37N5O2. The van der Waals surface area contributed by atoms with Gasteiger partial charge in [-0.1, -0.05) is 43.7 Å². The molecule has 3 saturated heterocycles. The number of nitrogens with zero attached hydrogens (tertiary/aromatic N) is 4. The van der Waals surface area contributed by atoms with Gasteiger partial charge < -0.3 is 10.4 Å². The second-order valence-corrected chi connectivity index (χ2v) is 10.3. The van der Waals surface area contributed by atoms with Crippen molar-refractivity contribution >= 4 is 5.91 Å². The van der Waals surface area contributed by atoms with Crippen molar-refractivity contribution in [1.29, 1.82) is 0 Å². The smallest absolute Gasteiger partial charge is 0.224 e. The summed E-state index contributed by atoms with van der Waals surface area (Å²) in [6.45, 7) is 2.75.